The number of furan rings is 1. The van der Waals surface area contributed by atoms with E-state index in [0.29, 0.717) is 23.7 Å². The summed E-state index contributed by atoms with van der Waals surface area (Å²) in [5.41, 5.74) is 0.446. The molecule has 2 N–H and O–H groups in total. The minimum Gasteiger partial charge on any atom is -0.493 e. The summed E-state index contributed by atoms with van der Waals surface area (Å²) >= 11 is 0. The molecule has 0 radical (unpaired) electrons. The van der Waals surface area contributed by atoms with Gasteiger partial charge in [0.15, 0.2) is 0 Å². The molecular formula is C16H19NO4. The van der Waals surface area contributed by atoms with Crippen molar-refractivity contribution in [3.8, 4) is 5.75 Å². The van der Waals surface area contributed by atoms with E-state index in [1.165, 1.54) is 0 Å². The normalized spacial score (nSPS) is 12.0. The number of nitrogens with one attached hydrogen (secondary N) is 1. The van der Waals surface area contributed by atoms with Gasteiger partial charge in [0.2, 0.25) is 0 Å². The number of ether oxygens (including phenoxy) is 1. The van der Waals surface area contributed by atoms with Gasteiger partial charge in [-0.3, -0.25) is 4.79 Å². The molecule has 1 atom stereocenters. The van der Waals surface area contributed by atoms with Crippen molar-refractivity contribution in [2.75, 3.05) is 13.2 Å². The maximum absolute atomic E-state index is 12.1. The largest absolute Gasteiger partial charge is 0.493 e. The van der Waals surface area contributed by atoms with E-state index in [-0.39, 0.29) is 12.5 Å². The second kappa shape index (κ2) is 6.95. The van der Waals surface area contributed by atoms with E-state index in [2.05, 4.69) is 5.32 Å². The Morgan fingerprint density at radius 3 is 2.76 bits per heavy atom. The molecule has 1 aromatic heterocycles. The van der Waals surface area contributed by atoms with Crippen LogP contribution in [0.5, 0.6) is 5.75 Å². The molecule has 0 fully saturated rings. The second-order valence-corrected chi connectivity index (χ2v) is 4.60. The van der Waals surface area contributed by atoms with Crippen LogP contribution in [0, 0.1) is 6.92 Å². The fourth-order valence-electron chi connectivity index (χ4n) is 1.95. The molecule has 5 heteroatoms. The van der Waals surface area contributed by atoms with Crippen LogP contribution in [0.25, 0.3) is 0 Å². The Morgan fingerprint density at radius 1 is 1.33 bits per heavy atom. The van der Waals surface area contributed by atoms with Crippen molar-refractivity contribution >= 4 is 5.91 Å². The van der Waals surface area contributed by atoms with Gasteiger partial charge in [-0.15, -0.1) is 0 Å². The maximum atomic E-state index is 12.1. The molecule has 0 bridgehead atoms. The Bertz CT molecular complexity index is 606. The zero-order valence-corrected chi connectivity index (χ0v) is 12.1. The molecule has 0 aliphatic heterocycles. The number of rotatable bonds is 6. The average molecular weight is 289 g/mol. The summed E-state index contributed by atoms with van der Waals surface area (Å²) in [5.74, 6) is 1.39. The Kier molecular flexibility index (Phi) is 5.00. The lowest BCUT2D eigenvalue weighted by Gasteiger charge is -2.12. The van der Waals surface area contributed by atoms with E-state index in [0.717, 1.165) is 5.76 Å². The molecule has 0 aliphatic carbocycles. The molecule has 0 spiro atoms. The van der Waals surface area contributed by atoms with Crippen LogP contribution in [0.15, 0.2) is 40.8 Å². The molecule has 5 nitrogen and oxygen atoms in total. The molecule has 112 valence electrons. The van der Waals surface area contributed by atoms with Crippen LogP contribution in [0.3, 0.4) is 0 Å². The lowest BCUT2D eigenvalue weighted by molar-refractivity contribution is 0.0896. The van der Waals surface area contributed by atoms with E-state index in [1.54, 1.807) is 37.3 Å². The number of hydrogen-bond donors (Lipinski definition) is 2. The maximum Gasteiger partial charge on any atom is 0.255 e. The molecular weight excluding hydrogens is 270 g/mol. The zero-order valence-electron chi connectivity index (χ0n) is 12.1. The number of carbonyl (C=O) groups is 1. The van der Waals surface area contributed by atoms with Crippen LogP contribution in [0.2, 0.25) is 0 Å². The first-order valence-corrected chi connectivity index (χ1v) is 6.86. The van der Waals surface area contributed by atoms with Gasteiger partial charge in [0.05, 0.1) is 18.7 Å². The predicted octanol–water partition coefficient (Wildman–Crippen LogP) is 2.45. The third kappa shape index (κ3) is 3.86. The molecule has 1 aromatic carbocycles. The van der Waals surface area contributed by atoms with Crippen LogP contribution >= 0.6 is 0 Å². The van der Waals surface area contributed by atoms with Gasteiger partial charge in [0.1, 0.15) is 23.4 Å². The van der Waals surface area contributed by atoms with Crippen molar-refractivity contribution < 1.29 is 19.1 Å². The summed E-state index contributed by atoms with van der Waals surface area (Å²) in [6, 6.07) is 10.5. The van der Waals surface area contributed by atoms with Crippen molar-refractivity contribution in [3.05, 3.63) is 53.5 Å². The number of carbonyl (C=O) groups excluding carboxylic acids is 1. The molecule has 1 amide bonds. The van der Waals surface area contributed by atoms with Gasteiger partial charge in [0.25, 0.3) is 5.91 Å². The molecule has 0 unspecified atom stereocenters. The topological polar surface area (TPSA) is 71.7 Å². The van der Waals surface area contributed by atoms with Gasteiger partial charge in [-0.25, -0.2) is 0 Å². The van der Waals surface area contributed by atoms with Gasteiger partial charge in [0, 0.05) is 0 Å². The summed E-state index contributed by atoms with van der Waals surface area (Å²) in [4.78, 5) is 12.1. The van der Waals surface area contributed by atoms with Gasteiger partial charge in [-0.05, 0) is 38.1 Å². The van der Waals surface area contributed by atoms with E-state index in [4.69, 9.17) is 9.15 Å². The molecule has 0 aliphatic rings. The average Bonchev–Trinajstić information content (AvgIpc) is 2.92. The summed E-state index contributed by atoms with van der Waals surface area (Å²) < 4.78 is 10.7. The van der Waals surface area contributed by atoms with Crippen LogP contribution < -0.4 is 10.1 Å². The summed E-state index contributed by atoms with van der Waals surface area (Å²) in [6.07, 6.45) is -0.873. The highest BCUT2D eigenvalue weighted by Crippen LogP contribution is 2.19. The quantitative estimate of drug-likeness (QED) is 0.857. The molecule has 0 saturated heterocycles. The number of benzene rings is 1. The van der Waals surface area contributed by atoms with Crippen LogP contribution in [-0.4, -0.2) is 24.2 Å². The third-order valence-corrected chi connectivity index (χ3v) is 2.98. The number of hydrogen-bond acceptors (Lipinski definition) is 4. The Hall–Kier alpha value is -2.27. The summed E-state index contributed by atoms with van der Waals surface area (Å²) in [6.45, 7) is 4.22. The highest BCUT2D eigenvalue weighted by Gasteiger charge is 2.16. The first-order valence-electron chi connectivity index (χ1n) is 6.86. The standard InChI is InChI=1S/C16H19NO4/c1-3-20-14-7-5-4-6-12(14)16(19)17-10-13(18)15-9-8-11(2)21-15/h4-9,13,18H,3,10H2,1-2H3,(H,17,19)/t13-/m0/s1. The molecule has 2 aromatic rings. The van der Waals surface area contributed by atoms with Gasteiger partial charge >= 0.3 is 0 Å². The van der Waals surface area contributed by atoms with E-state index >= 15 is 0 Å². The van der Waals surface area contributed by atoms with Gasteiger partial charge in [-0.2, -0.15) is 0 Å². The van der Waals surface area contributed by atoms with Gasteiger partial charge < -0.3 is 19.6 Å². The Labute approximate surface area is 123 Å². The van der Waals surface area contributed by atoms with E-state index in [1.807, 2.05) is 13.0 Å². The van der Waals surface area contributed by atoms with E-state index < -0.39 is 6.10 Å². The lowest BCUT2D eigenvalue weighted by atomic mass is 10.2. The SMILES string of the molecule is CCOc1ccccc1C(=O)NC[C@H](O)c1ccc(C)o1. The first kappa shape index (κ1) is 15.1. The van der Waals surface area contributed by atoms with Crippen molar-refractivity contribution in [2.24, 2.45) is 0 Å². The minimum atomic E-state index is -0.873. The number of para-hydroxylation sites is 1. The number of aliphatic hydroxyl groups is 1. The first-order chi connectivity index (χ1) is 10.1. The monoisotopic (exact) mass is 289 g/mol. The van der Waals surface area contributed by atoms with Crippen molar-refractivity contribution in [1.29, 1.82) is 0 Å². The number of aliphatic hydroxyl groups excluding tert-OH is 1. The fourth-order valence-corrected chi connectivity index (χ4v) is 1.95. The fraction of sp³-hybridized carbons (Fsp3) is 0.312. The van der Waals surface area contributed by atoms with E-state index in [9.17, 15) is 9.90 Å². The molecule has 0 saturated carbocycles. The minimum absolute atomic E-state index is 0.0756. The summed E-state index contributed by atoms with van der Waals surface area (Å²) in [7, 11) is 0. The number of aryl methyl sites for hydroxylation is 1. The Balaban J connectivity index is 1.98. The third-order valence-electron chi connectivity index (χ3n) is 2.98. The van der Waals surface area contributed by atoms with Gasteiger partial charge in [-0.1, -0.05) is 12.1 Å². The van der Waals surface area contributed by atoms with Crippen LogP contribution in [0.4, 0.5) is 0 Å². The molecule has 21 heavy (non-hydrogen) atoms. The van der Waals surface area contributed by atoms with Crippen LogP contribution in [-0.2, 0) is 0 Å². The molecule has 1 heterocycles. The second-order valence-electron chi connectivity index (χ2n) is 4.60. The highest BCUT2D eigenvalue weighted by atomic mass is 16.5. The lowest BCUT2D eigenvalue weighted by Crippen LogP contribution is -2.28. The smallest absolute Gasteiger partial charge is 0.255 e. The zero-order chi connectivity index (χ0) is 15.2. The Morgan fingerprint density at radius 2 is 2.10 bits per heavy atom. The predicted molar refractivity (Wildman–Crippen MR) is 78.3 cm³/mol. The van der Waals surface area contributed by atoms with Crippen molar-refractivity contribution in [3.63, 3.8) is 0 Å². The highest BCUT2D eigenvalue weighted by molar-refractivity contribution is 5.96. The molecule has 2 rings (SSSR count). The van der Waals surface area contributed by atoms with Crippen LogP contribution in [0.1, 0.15) is 34.9 Å². The summed E-state index contributed by atoms with van der Waals surface area (Å²) in [5, 5.41) is 12.6. The van der Waals surface area contributed by atoms with Crippen molar-refractivity contribution in [1.82, 2.24) is 5.32 Å². The van der Waals surface area contributed by atoms with Crippen molar-refractivity contribution in [2.45, 2.75) is 20.0 Å². The number of amides is 1.